The van der Waals surface area contributed by atoms with Gasteiger partial charge < -0.3 is 39.3 Å². The van der Waals surface area contributed by atoms with Gasteiger partial charge in [-0.25, -0.2) is 0 Å². The fourth-order valence-electron chi connectivity index (χ4n) is 10.0. The molecule has 0 aliphatic carbocycles. The number of cyclic esters (lactones) is 1. The molecule has 0 bridgehead atoms. The highest BCUT2D eigenvalue weighted by molar-refractivity contribution is 5.91. The Morgan fingerprint density at radius 2 is 1.54 bits per heavy atom. The van der Waals surface area contributed by atoms with Crippen LogP contribution in [0.25, 0.3) is 0 Å². The molecule has 1 aromatic carbocycles. The summed E-state index contributed by atoms with van der Waals surface area (Å²) in [5.74, 6) is -0.628. The molecule has 3 N–H and O–H groups in total. The number of fused-ring (bicyclic) bond motifs is 1. The molecule has 4 aliphatic heterocycles. The van der Waals surface area contributed by atoms with E-state index in [1.165, 1.54) is 17.5 Å². The van der Waals surface area contributed by atoms with E-state index in [-0.39, 0.29) is 30.0 Å². The van der Waals surface area contributed by atoms with Gasteiger partial charge in [0.2, 0.25) is 0 Å². The highest BCUT2D eigenvalue weighted by atomic mass is 16.7. The van der Waals surface area contributed by atoms with Crippen LogP contribution in [0, 0.1) is 35.5 Å². The number of ketones is 1. The Hall–Kier alpha value is -2.48. The van der Waals surface area contributed by atoms with Crippen molar-refractivity contribution in [2.45, 2.75) is 143 Å². The van der Waals surface area contributed by atoms with Gasteiger partial charge in [-0.3, -0.25) is 14.5 Å². The molecule has 11 heteroatoms. The molecule has 4 heterocycles. The number of likely N-dealkylation sites (tertiary alicyclic amines) is 1. The zero-order chi connectivity index (χ0) is 41.6. The Balaban J connectivity index is 1.47. The van der Waals surface area contributed by atoms with Gasteiger partial charge in [-0.05, 0) is 95.1 Å². The molecule has 0 saturated carbocycles. The third-order valence-corrected chi connectivity index (χ3v) is 13.1. The van der Waals surface area contributed by atoms with Crippen LogP contribution in [-0.4, -0.2) is 131 Å². The van der Waals surface area contributed by atoms with Crippen molar-refractivity contribution in [3.63, 3.8) is 0 Å². The van der Waals surface area contributed by atoms with Gasteiger partial charge in [0.05, 0.1) is 36.9 Å². The third-order valence-electron chi connectivity index (χ3n) is 13.1. The predicted octanol–water partition coefficient (Wildman–Crippen LogP) is 5.20. The largest absolute Gasteiger partial charge is 0.462 e. The molecule has 14 atom stereocenters. The minimum atomic E-state index is -1.19. The number of benzene rings is 1. The van der Waals surface area contributed by atoms with Crippen LogP contribution in [-0.2, 0) is 36.9 Å². The summed E-state index contributed by atoms with van der Waals surface area (Å²) in [6, 6.07) is 7.79. The smallest absolute Gasteiger partial charge is 0.308 e. The summed E-state index contributed by atoms with van der Waals surface area (Å²) in [6.07, 6.45) is 2.26. The number of rotatable bonds is 9. The van der Waals surface area contributed by atoms with Crippen LogP contribution >= 0.6 is 0 Å². The number of esters is 1. The van der Waals surface area contributed by atoms with Crippen molar-refractivity contribution in [1.82, 2.24) is 14.7 Å². The minimum Gasteiger partial charge on any atom is -0.462 e. The lowest BCUT2D eigenvalue weighted by Crippen LogP contribution is -2.63. The average molecular weight is 796 g/mol. The van der Waals surface area contributed by atoms with Crippen molar-refractivity contribution in [3.05, 3.63) is 59.2 Å². The number of aliphatic hydroxyl groups excluding tert-OH is 3. The number of carbonyl (C=O) groups is 2. The molecule has 57 heavy (non-hydrogen) atoms. The minimum absolute atomic E-state index is 0.00689. The van der Waals surface area contributed by atoms with Crippen molar-refractivity contribution < 1.29 is 39.1 Å². The van der Waals surface area contributed by atoms with Crippen molar-refractivity contribution in [2.75, 3.05) is 40.3 Å². The van der Waals surface area contributed by atoms with Crippen molar-refractivity contribution in [1.29, 1.82) is 0 Å². The molecule has 11 nitrogen and oxygen atoms in total. The second kappa shape index (κ2) is 20.7. The number of likely N-dealkylation sites (N-methyl/N-ethyl adjacent to an activating group) is 1. The Bertz CT molecular complexity index is 1500. The van der Waals surface area contributed by atoms with Gasteiger partial charge in [0.1, 0.15) is 12.2 Å². The van der Waals surface area contributed by atoms with E-state index >= 15 is 0 Å². The van der Waals surface area contributed by atoms with E-state index < -0.39 is 60.8 Å². The first-order chi connectivity index (χ1) is 27.0. The summed E-state index contributed by atoms with van der Waals surface area (Å²) >= 11 is 0. The summed E-state index contributed by atoms with van der Waals surface area (Å²) in [5, 5.41) is 34.5. The number of allylic oxidation sites excluding steroid dienone is 3. The Morgan fingerprint density at radius 3 is 2.16 bits per heavy atom. The molecule has 0 amide bonds. The zero-order valence-electron chi connectivity index (χ0n) is 36.1. The first-order valence-electron chi connectivity index (χ1n) is 21.7. The fourth-order valence-corrected chi connectivity index (χ4v) is 10.0. The molecule has 320 valence electrons. The number of hydrogen-bond donors (Lipinski definition) is 3. The summed E-state index contributed by atoms with van der Waals surface area (Å²) in [4.78, 5) is 34.4. The van der Waals surface area contributed by atoms with Crippen molar-refractivity contribution >= 4 is 11.8 Å². The van der Waals surface area contributed by atoms with E-state index in [9.17, 15) is 24.9 Å². The standard InChI is InChI=1S/C46H73N3O8/c1-10-40-37(27-49-23-29(3)19-30(4)24-49)20-28(2)15-16-38(50)31(5)21-34(17-18-48-25-35-13-11-12-14-36(35)26-48)45(32(6)39(51)22-41(52)56-40)57-46-44(54)42(47(8)9)43(53)33(7)55-46/h11-16,20,29-34,37,39-40,42-46,51,53-54H,10,17-19,21-27H2,1-9H3/t29?,30?,31?,32?,33-,34?,37?,39?,40?,42+,43-,44-,45?,46+/m1/s1. The predicted molar refractivity (Wildman–Crippen MR) is 222 cm³/mol. The number of carbonyl (C=O) groups excluding carboxylic acids is 2. The maximum Gasteiger partial charge on any atom is 0.308 e. The van der Waals surface area contributed by atoms with Gasteiger partial charge in [-0.15, -0.1) is 0 Å². The van der Waals surface area contributed by atoms with E-state index in [2.05, 4.69) is 54.0 Å². The Morgan fingerprint density at radius 1 is 0.895 bits per heavy atom. The van der Waals surface area contributed by atoms with Crippen molar-refractivity contribution in [2.24, 2.45) is 35.5 Å². The lowest BCUT2D eigenvalue weighted by molar-refractivity contribution is -0.304. The number of ether oxygens (including phenoxy) is 3. The van der Waals surface area contributed by atoms with Crippen LogP contribution in [0.15, 0.2) is 48.1 Å². The second-order valence-corrected chi connectivity index (χ2v) is 18.5. The van der Waals surface area contributed by atoms with Crippen LogP contribution in [0.5, 0.6) is 0 Å². The molecule has 4 aliphatic rings. The van der Waals surface area contributed by atoms with E-state index in [0.29, 0.717) is 31.1 Å². The first kappa shape index (κ1) is 45.6. The summed E-state index contributed by atoms with van der Waals surface area (Å²) in [6.45, 7) is 19.3. The van der Waals surface area contributed by atoms with Gasteiger partial charge in [0, 0.05) is 50.5 Å². The highest BCUT2D eigenvalue weighted by Crippen LogP contribution is 2.36. The number of hydrogen-bond acceptors (Lipinski definition) is 11. The number of aliphatic hydroxyl groups is 3. The molecular weight excluding hydrogens is 723 g/mol. The van der Waals surface area contributed by atoms with Gasteiger partial charge >= 0.3 is 5.97 Å². The number of nitrogens with zero attached hydrogens (tertiary/aromatic N) is 3. The van der Waals surface area contributed by atoms with Gasteiger partial charge in [0.25, 0.3) is 0 Å². The molecule has 0 spiro atoms. The lowest BCUT2D eigenvalue weighted by Gasteiger charge is -2.46. The molecule has 2 saturated heterocycles. The molecule has 0 radical (unpaired) electrons. The molecule has 9 unspecified atom stereocenters. The van der Waals surface area contributed by atoms with E-state index in [1.807, 2.05) is 33.8 Å². The van der Waals surface area contributed by atoms with E-state index in [4.69, 9.17) is 14.2 Å². The molecule has 5 rings (SSSR count). The van der Waals surface area contributed by atoms with Crippen LogP contribution in [0.3, 0.4) is 0 Å². The lowest BCUT2D eigenvalue weighted by atomic mass is 9.79. The van der Waals surface area contributed by atoms with E-state index in [1.54, 1.807) is 32.0 Å². The molecular formula is C46H73N3O8. The quantitative estimate of drug-likeness (QED) is 0.285. The maximum atomic E-state index is 13.9. The van der Waals surface area contributed by atoms with Gasteiger partial charge in [-0.2, -0.15) is 0 Å². The molecule has 2 fully saturated rings. The highest BCUT2D eigenvalue weighted by Gasteiger charge is 2.47. The average Bonchev–Trinajstić information content (AvgIpc) is 3.57. The topological polar surface area (TPSA) is 132 Å². The monoisotopic (exact) mass is 796 g/mol. The van der Waals surface area contributed by atoms with Gasteiger partial charge in [0.15, 0.2) is 12.1 Å². The molecule has 1 aromatic rings. The van der Waals surface area contributed by atoms with E-state index in [0.717, 1.165) is 44.8 Å². The summed E-state index contributed by atoms with van der Waals surface area (Å²) in [5.41, 5.74) is 3.54. The van der Waals surface area contributed by atoms with Crippen LogP contribution in [0.1, 0.15) is 91.7 Å². The van der Waals surface area contributed by atoms with Crippen LogP contribution in [0.4, 0.5) is 0 Å². The number of piperidine rings is 1. The Kier molecular flexibility index (Phi) is 16.5. The van der Waals surface area contributed by atoms with Gasteiger partial charge in [-0.1, -0.05) is 76.6 Å². The zero-order valence-corrected chi connectivity index (χ0v) is 36.1. The maximum absolute atomic E-state index is 13.9. The second-order valence-electron chi connectivity index (χ2n) is 18.5. The SMILES string of the molecule is CCC1OC(=O)CC(O)C(C)C(O[C@@H]2O[C@H](C)[C@@H](O)[C@H](N(C)C)[C@H]2O)C(CCN2Cc3ccccc3C2)CC(C)C(=O)C=CC(C)=CC1CN1CC(C)CC(C)C1. The van der Waals surface area contributed by atoms with Crippen molar-refractivity contribution in [3.8, 4) is 0 Å². The fraction of sp³-hybridized carbons (Fsp3) is 0.739. The summed E-state index contributed by atoms with van der Waals surface area (Å²) < 4.78 is 19.2. The third kappa shape index (κ3) is 12.1. The normalized spacial score (nSPS) is 38.2. The first-order valence-corrected chi connectivity index (χ1v) is 21.7. The van der Waals surface area contributed by atoms with Crippen LogP contribution in [0.2, 0.25) is 0 Å². The van der Waals surface area contributed by atoms with Crippen LogP contribution < -0.4 is 0 Å². The summed E-state index contributed by atoms with van der Waals surface area (Å²) in [7, 11) is 3.60. The molecule has 0 aromatic heterocycles. The Labute approximate surface area is 342 Å².